The molecule has 3 aromatic carbocycles. The number of nitrogens with one attached hydrogen (secondary N) is 2. The lowest BCUT2D eigenvalue weighted by atomic mass is 9.77. The quantitative estimate of drug-likeness (QED) is 0.299. The fraction of sp³-hybridized carbons (Fsp3) is 0.310. The van der Waals surface area contributed by atoms with Gasteiger partial charge in [-0.05, 0) is 78.5 Å². The Morgan fingerprint density at radius 1 is 0.971 bits per heavy atom. The lowest BCUT2D eigenvalue weighted by Crippen LogP contribution is -2.40. The number of benzene rings is 3. The molecule has 0 unspecified atom stereocenters. The number of carbonyl (C=O) groups is 1. The van der Waals surface area contributed by atoms with Crippen molar-refractivity contribution in [3.8, 4) is 16.9 Å². The molecule has 2 amide bonds. The highest BCUT2D eigenvalue weighted by molar-refractivity contribution is 6.03. The van der Waals surface area contributed by atoms with Gasteiger partial charge in [-0.2, -0.15) is 0 Å². The molecular formula is C29H32N4O2. The second-order valence-electron chi connectivity index (χ2n) is 9.55. The molecule has 5 rings (SSSR count). The molecule has 0 bridgehead atoms. The molecule has 180 valence electrons. The highest BCUT2D eigenvalue weighted by atomic mass is 16.5. The van der Waals surface area contributed by atoms with Crippen LogP contribution < -0.4 is 20.7 Å². The largest absolute Gasteiger partial charge is 0.490 e. The minimum Gasteiger partial charge on any atom is -0.490 e. The van der Waals surface area contributed by atoms with Crippen molar-refractivity contribution < 1.29 is 9.53 Å². The highest BCUT2D eigenvalue weighted by Crippen LogP contribution is 2.39. The van der Waals surface area contributed by atoms with Gasteiger partial charge in [0.05, 0.1) is 18.1 Å². The maximum Gasteiger partial charge on any atom is 0.326 e. The van der Waals surface area contributed by atoms with Gasteiger partial charge in [0, 0.05) is 12.1 Å². The van der Waals surface area contributed by atoms with Crippen LogP contribution in [0.1, 0.15) is 43.6 Å². The van der Waals surface area contributed by atoms with Gasteiger partial charge in [-0.25, -0.2) is 4.79 Å². The normalized spacial score (nSPS) is 19.4. The summed E-state index contributed by atoms with van der Waals surface area (Å²) in [5.41, 5.74) is 10.7. The van der Waals surface area contributed by atoms with Crippen LogP contribution in [0.2, 0.25) is 0 Å². The number of hydrogen-bond acceptors (Lipinski definition) is 3. The van der Waals surface area contributed by atoms with Crippen molar-refractivity contribution in [2.45, 2.75) is 38.0 Å². The summed E-state index contributed by atoms with van der Waals surface area (Å²) in [5, 5.41) is 10.5. The minimum atomic E-state index is -0.157. The van der Waals surface area contributed by atoms with E-state index in [1.165, 1.54) is 5.56 Å². The summed E-state index contributed by atoms with van der Waals surface area (Å²) in [7, 11) is 0. The minimum absolute atomic E-state index is 0.157. The molecule has 3 aromatic rings. The molecule has 6 nitrogen and oxygen atoms in total. The molecule has 0 spiro atoms. The third kappa shape index (κ3) is 5.32. The number of anilines is 2. The summed E-state index contributed by atoms with van der Waals surface area (Å²) < 4.78 is 5.93. The maximum atomic E-state index is 12.9. The van der Waals surface area contributed by atoms with Crippen LogP contribution in [-0.4, -0.2) is 25.0 Å². The van der Waals surface area contributed by atoms with Gasteiger partial charge >= 0.3 is 6.03 Å². The predicted molar refractivity (Wildman–Crippen MR) is 141 cm³/mol. The van der Waals surface area contributed by atoms with Gasteiger partial charge in [0.15, 0.2) is 0 Å². The number of amidine groups is 1. The molecular weight excluding hydrogens is 436 g/mol. The van der Waals surface area contributed by atoms with Crippen LogP contribution in [0, 0.1) is 11.3 Å². The zero-order valence-electron chi connectivity index (χ0n) is 19.9. The first-order chi connectivity index (χ1) is 17.1. The Hall–Kier alpha value is -3.80. The first-order valence-electron chi connectivity index (χ1n) is 12.4. The van der Waals surface area contributed by atoms with E-state index in [2.05, 4.69) is 35.6 Å². The van der Waals surface area contributed by atoms with Crippen LogP contribution in [0.3, 0.4) is 0 Å². The number of hydrogen-bond donors (Lipinski definition) is 3. The molecule has 35 heavy (non-hydrogen) atoms. The van der Waals surface area contributed by atoms with E-state index in [1.807, 2.05) is 42.5 Å². The Kier molecular flexibility index (Phi) is 6.70. The molecule has 1 fully saturated rings. The van der Waals surface area contributed by atoms with Gasteiger partial charge in [0.25, 0.3) is 0 Å². The second-order valence-corrected chi connectivity index (χ2v) is 9.55. The van der Waals surface area contributed by atoms with Gasteiger partial charge in [0.2, 0.25) is 0 Å². The Morgan fingerprint density at radius 3 is 2.40 bits per heavy atom. The number of urea groups is 1. The fourth-order valence-corrected chi connectivity index (χ4v) is 5.28. The molecule has 1 saturated carbocycles. The molecule has 1 aliphatic carbocycles. The van der Waals surface area contributed by atoms with Crippen molar-refractivity contribution in [3.05, 3.63) is 78.4 Å². The van der Waals surface area contributed by atoms with Crippen molar-refractivity contribution in [2.75, 3.05) is 23.4 Å². The van der Waals surface area contributed by atoms with Gasteiger partial charge in [-0.15, -0.1) is 0 Å². The highest BCUT2D eigenvalue weighted by Gasteiger charge is 2.25. The van der Waals surface area contributed by atoms with E-state index >= 15 is 0 Å². The van der Waals surface area contributed by atoms with Crippen LogP contribution in [-0.2, 0) is 0 Å². The van der Waals surface area contributed by atoms with Gasteiger partial charge < -0.3 is 15.8 Å². The van der Waals surface area contributed by atoms with E-state index in [9.17, 15) is 4.79 Å². The van der Waals surface area contributed by atoms with Crippen LogP contribution in [0.15, 0.2) is 72.8 Å². The zero-order chi connectivity index (χ0) is 24.2. The summed E-state index contributed by atoms with van der Waals surface area (Å²) in [4.78, 5) is 14.6. The molecule has 0 aromatic heterocycles. The molecule has 1 heterocycles. The summed E-state index contributed by atoms with van der Waals surface area (Å²) in [5.74, 6) is 2.18. The Balaban J connectivity index is 1.27. The van der Waals surface area contributed by atoms with Gasteiger partial charge in [-0.3, -0.25) is 10.3 Å². The number of rotatable bonds is 5. The van der Waals surface area contributed by atoms with Crippen LogP contribution in [0.25, 0.3) is 11.1 Å². The lowest BCUT2D eigenvalue weighted by molar-refractivity contribution is 0.250. The number of amides is 2. The molecule has 0 atom stereocenters. The van der Waals surface area contributed by atoms with Crippen molar-refractivity contribution in [1.82, 2.24) is 0 Å². The van der Waals surface area contributed by atoms with Crippen LogP contribution in [0.5, 0.6) is 5.75 Å². The zero-order valence-corrected chi connectivity index (χ0v) is 19.9. The second kappa shape index (κ2) is 10.2. The van der Waals surface area contributed by atoms with E-state index in [1.54, 1.807) is 4.90 Å². The molecule has 4 N–H and O–H groups in total. The molecule has 1 aliphatic heterocycles. The number of para-hydroxylation sites is 1. The Bertz CT molecular complexity index is 1190. The van der Waals surface area contributed by atoms with Crippen molar-refractivity contribution >= 4 is 23.2 Å². The third-order valence-electron chi connectivity index (χ3n) is 7.16. The molecule has 6 heteroatoms. The average molecular weight is 469 g/mol. The van der Waals surface area contributed by atoms with E-state index in [-0.39, 0.29) is 6.03 Å². The number of ether oxygens (including phenoxy) is 1. The number of nitrogens with two attached hydrogens (primary N) is 1. The Labute approximate surface area is 206 Å². The third-order valence-corrected chi connectivity index (χ3v) is 7.16. The van der Waals surface area contributed by atoms with Crippen LogP contribution >= 0.6 is 0 Å². The van der Waals surface area contributed by atoms with E-state index < -0.39 is 0 Å². The van der Waals surface area contributed by atoms with Crippen molar-refractivity contribution in [3.63, 3.8) is 0 Å². The van der Waals surface area contributed by atoms with Crippen LogP contribution in [0.4, 0.5) is 16.2 Å². The molecule has 2 aliphatic rings. The SMILES string of the molecule is N=C(N)CC1CCC(c2ccc(-c3ccc4c(c3)OCCN4C(=O)Nc3ccccc3)cc2)CC1. The number of nitrogens with zero attached hydrogens (tertiary/aromatic N) is 1. The number of fused-ring (bicyclic) bond motifs is 1. The van der Waals surface area contributed by atoms with E-state index in [0.717, 1.165) is 60.4 Å². The van der Waals surface area contributed by atoms with E-state index in [4.69, 9.17) is 15.9 Å². The smallest absolute Gasteiger partial charge is 0.326 e. The molecule has 0 radical (unpaired) electrons. The lowest BCUT2D eigenvalue weighted by Gasteiger charge is -2.30. The summed E-state index contributed by atoms with van der Waals surface area (Å²) in [6, 6.07) is 24.2. The monoisotopic (exact) mass is 468 g/mol. The fourth-order valence-electron chi connectivity index (χ4n) is 5.28. The maximum absolute atomic E-state index is 12.9. The average Bonchev–Trinajstić information content (AvgIpc) is 2.89. The standard InChI is InChI=1S/C29H32N4O2/c30-28(31)18-20-6-8-21(9-7-20)22-10-12-23(13-11-22)24-14-15-26-27(19-24)35-17-16-33(26)29(34)32-25-4-2-1-3-5-25/h1-5,10-15,19-21H,6-9,16-18H2,(H3,30,31)(H,32,34). The summed E-state index contributed by atoms with van der Waals surface area (Å²) in [6.07, 6.45) is 5.33. The topological polar surface area (TPSA) is 91.4 Å². The van der Waals surface area contributed by atoms with E-state index in [0.29, 0.717) is 30.8 Å². The first-order valence-corrected chi connectivity index (χ1v) is 12.4. The van der Waals surface area contributed by atoms with Gasteiger partial charge in [0.1, 0.15) is 12.4 Å². The van der Waals surface area contributed by atoms with Crippen molar-refractivity contribution in [2.24, 2.45) is 11.7 Å². The Morgan fingerprint density at radius 2 is 1.69 bits per heavy atom. The number of carbonyl (C=O) groups excluding carboxylic acids is 1. The predicted octanol–water partition coefficient (Wildman–Crippen LogP) is 6.38. The summed E-state index contributed by atoms with van der Waals surface area (Å²) >= 11 is 0. The van der Waals surface area contributed by atoms with Gasteiger partial charge in [-0.1, -0.05) is 48.5 Å². The summed E-state index contributed by atoms with van der Waals surface area (Å²) in [6.45, 7) is 0.971. The first kappa shape index (κ1) is 23.0. The van der Waals surface area contributed by atoms with Crippen molar-refractivity contribution in [1.29, 1.82) is 5.41 Å². The molecule has 0 saturated heterocycles.